The van der Waals surface area contributed by atoms with Crippen molar-refractivity contribution in [3.05, 3.63) is 53.1 Å². The van der Waals surface area contributed by atoms with Gasteiger partial charge in [0.25, 0.3) is 0 Å². The molecule has 0 aliphatic carbocycles. The maximum atomic E-state index is 10.9. The molecule has 2 rings (SSSR count). The van der Waals surface area contributed by atoms with Gasteiger partial charge in [-0.3, -0.25) is 0 Å². The third kappa shape index (κ3) is 3.14. The Balaban J connectivity index is 2.58. The van der Waals surface area contributed by atoms with Crippen LogP contribution in [0.3, 0.4) is 0 Å². The predicted octanol–water partition coefficient (Wildman–Crippen LogP) is 4.62. The summed E-state index contributed by atoms with van der Waals surface area (Å²) >= 11 is 0. The van der Waals surface area contributed by atoms with Crippen LogP contribution < -0.4 is 0 Å². The number of rotatable bonds is 3. The summed E-state index contributed by atoms with van der Waals surface area (Å²) in [7, 11) is 0. The number of benzene rings is 2. The molecule has 2 N–H and O–H groups in total. The fraction of sp³-hybridized carbons (Fsp3) is 0.316. The van der Waals surface area contributed by atoms with Gasteiger partial charge in [-0.15, -0.1) is 0 Å². The van der Waals surface area contributed by atoms with E-state index in [1.54, 1.807) is 12.1 Å². The van der Waals surface area contributed by atoms with Crippen LogP contribution in [0.5, 0.6) is 5.75 Å². The first-order chi connectivity index (χ1) is 10.2. The Morgan fingerprint density at radius 1 is 1.05 bits per heavy atom. The highest BCUT2D eigenvalue weighted by Crippen LogP contribution is 2.37. The van der Waals surface area contributed by atoms with Gasteiger partial charge in [-0.25, -0.2) is 4.79 Å². The standard InChI is InChI=1S/C19H22O3/c1-5-12-10-15(11-16(17(12)20)19(2,3)4)13-6-8-14(9-7-13)18(21)22/h6-11,20H,5H2,1-4H3,(H,21,22). The van der Waals surface area contributed by atoms with E-state index in [4.69, 9.17) is 5.11 Å². The van der Waals surface area contributed by atoms with Crippen molar-refractivity contribution >= 4 is 5.97 Å². The number of aryl methyl sites for hydroxylation is 1. The molecule has 0 heterocycles. The van der Waals surface area contributed by atoms with E-state index >= 15 is 0 Å². The van der Waals surface area contributed by atoms with E-state index in [9.17, 15) is 9.90 Å². The van der Waals surface area contributed by atoms with Gasteiger partial charge < -0.3 is 10.2 Å². The highest BCUT2D eigenvalue weighted by Gasteiger charge is 2.21. The molecular formula is C19H22O3. The van der Waals surface area contributed by atoms with Crippen molar-refractivity contribution in [1.29, 1.82) is 0 Å². The Hall–Kier alpha value is -2.29. The van der Waals surface area contributed by atoms with Crippen LogP contribution in [0.1, 0.15) is 49.2 Å². The molecule has 0 aliphatic rings. The minimum Gasteiger partial charge on any atom is -0.507 e. The predicted molar refractivity (Wildman–Crippen MR) is 88.6 cm³/mol. The molecule has 0 spiro atoms. The number of carbonyl (C=O) groups is 1. The zero-order valence-electron chi connectivity index (χ0n) is 13.5. The first kappa shape index (κ1) is 16.1. The van der Waals surface area contributed by atoms with Crippen LogP contribution in [0.4, 0.5) is 0 Å². The molecule has 0 bridgehead atoms. The number of aromatic hydroxyl groups is 1. The molecule has 0 aliphatic heterocycles. The van der Waals surface area contributed by atoms with E-state index in [1.165, 1.54) is 0 Å². The molecule has 0 aromatic heterocycles. The monoisotopic (exact) mass is 298 g/mol. The van der Waals surface area contributed by atoms with Gasteiger partial charge >= 0.3 is 5.97 Å². The van der Waals surface area contributed by atoms with Crippen molar-refractivity contribution in [3.63, 3.8) is 0 Å². The van der Waals surface area contributed by atoms with Gasteiger partial charge in [-0.05, 0) is 52.8 Å². The van der Waals surface area contributed by atoms with Crippen molar-refractivity contribution in [3.8, 4) is 16.9 Å². The molecule has 3 heteroatoms. The van der Waals surface area contributed by atoms with E-state index in [-0.39, 0.29) is 11.0 Å². The Labute approximate surface area is 131 Å². The first-order valence-corrected chi connectivity index (χ1v) is 7.44. The van der Waals surface area contributed by atoms with Crippen LogP contribution in [0, 0.1) is 0 Å². The first-order valence-electron chi connectivity index (χ1n) is 7.44. The van der Waals surface area contributed by atoms with Crippen LogP contribution in [0.2, 0.25) is 0 Å². The van der Waals surface area contributed by atoms with Crippen molar-refractivity contribution in [2.45, 2.75) is 39.5 Å². The lowest BCUT2D eigenvalue weighted by molar-refractivity contribution is 0.0697. The fourth-order valence-electron chi connectivity index (χ4n) is 2.51. The van der Waals surface area contributed by atoms with Crippen molar-refractivity contribution in [2.24, 2.45) is 0 Å². The zero-order chi connectivity index (χ0) is 16.5. The lowest BCUT2D eigenvalue weighted by atomic mass is 9.83. The molecule has 116 valence electrons. The second-order valence-electron chi connectivity index (χ2n) is 6.52. The lowest BCUT2D eigenvalue weighted by Crippen LogP contribution is -2.12. The third-order valence-electron chi connectivity index (χ3n) is 3.84. The molecule has 0 unspecified atom stereocenters. The number of carboxylic acid groups (broad SMARTS) is 1. The summed E-state index contributed by atoms with van der Waals surface area (Å²) in [4.78, 5) is 10.9. The molecule has 2 aromatic carbocycles. The summed E-state index contributed by atoms with van der Waals surface area (Å²) in [5.41, 5.74) is 3.87. The molecule has 0 radical (unpaired) electrons. The van der Waals surface area contributed by atoms with Crippen LogP contribution in [0.25, 0.3) is 11.1 Å². The molecule has 22 heavy (non-hydrogen) atoms. The molecule has 0 fully saturated rings. The highest BCUT2D eigenvalue weighted by atomic mass is 16.4. The quantitative estimate of drug-likeness (QED) is 0.869. The van der Waals surface area contributed by atoms with Gasteiger partial charge in [-0.2, -0.15) is 0 Å². The van der Waals surface area contributed by atoms with Gasteiger partial charge in [0.2, 0.25) is 0 Å². The van der Waals surface area contributed by atoms with Crippen LogP contribution in [-0.2, 0) is 11.8 Å². The van der Waals surface area contributed by atoms with Gasteiger partial charge in [-0.1, -0.05) is 39.8 Å². The second kappa shape index (κ2) is 5.84. The zero-order valence-corrected chi connectivity index (χ0v) is 13.5. The summed E-state index contributed by atoms with van der Waals surface area (Å²) in [6.45, 7) is 8.22. The minimum absolute atomic E-state index is 0.162. The lowest BCUT2D eigenvalue weighted by Gasteiger charge is -2.23. The summed E-state index contributed by atoms with van der Waals surface area (Å²) < 4.78 is 0. The largest absolute Gasteiger partial charge is 0.507 e. The molecule has 0 amide bonds. The molecule has 2 aromatic rings. The molecule has 0 saturated heterocycles. The average Bonchev–Trinajstić information content (AvgIpc) is 2.46. The van der Waals surface area contributed by atoms with Crippen molar-refractivity contribution < 1.29 is 15.0 Å². The highest BCUT2D eigenvalue weighted by molar-refractivity contribution is 5.88. The van der Waals surface area contributed by atoms with Crippen molar-refractivity contribution in [1.82, 2.24) is 0 Å². The van der Waals surface area contributed by atoms with Gasteiger partial charge in [0.15, 0.2) is 0 Å². The van der Waals surface area contributed by atoms with E-state index < -0.39 is 5.97 Å². The number of carboxylic acids is 1. The smallest absolute Gasteiger partial charge is 0.335 e. The maximum Gasteiger partial charge on any atom is 0.335 e. The molecule has 0 saturated carbocycles. The molecular weight excluding hydrogens is 276 g/mol. The van der Waals surface area contributed by atoms with Crippen LogP contribution in [-0.4, -0.2) is 16.2 Å². The minimum atomic E-state index is -0.929. The second-order valence-corrected chi connectivity index (χ2v) is 6.52. The van der Waals surface area contributed by atoms with E-state index in [2.05, 4.69) is 20.8 Å². The van der Waals surface area contributed by atoms with E-state index in [0.29, 0.717) is 5.75 Å². The Morgan fingerprint density at radius 3 is 2.09 bits per heavy atom. The Bertz CT molecular complexity index is 692. The van der Waals surface area contributed by atoms with Crippen LogP contribution >= 0.6 is 0 Å². The molecule has 3 nitrogen and oxygen atoms in total. The third-order valence-corrected chi connectivity index (χ3v) is 3.84. The number of hydrogen-bond acceptors (Lipinski definition) is 2. The number of hydrogen-bond donors (Lipinski definition) is 2. The maximum absolute atomic E-state index is 10.9. The van der Waals surface area contributed by atoms with Crippen molar-refractivity contribution in [2.75, 3.05) is 0 Å². The summed E-state index contributed by atoms with van der Waals surface area (Å²) in [6, 6.07) is 10.8. The van der Waals surface area contributed by atoms with Crippen LogP contribution in [0.15, 0.2) is 36.4 Å². The van der Waals surface area contributed by atoms with Gasteiger partial charge in [0, 0.05) is 5.56 Å². The Kier molecular flexibility index (Phi) is 4.27. The van der Waals surface area contributed by atoms with Gasteiger partial charge in [0.1, 0.15) is 5.75 Å². The normalized spacial score (nSPS) is 11.5. The number of phenols is 1. The van der Waals surface area contributed by atoms with E-state index in [1.807, 2.05) is 31.2 Å². The Morgan fingerprint density at radius 2 is 1.64 bits per heavy atom. The average molecular weight is 298 g/mol. The number of phenolic OH excluding ortho intramolecular Hbond substituents is 1. The topological polar surface area (TPSA) is 57.5 Å². The fourth-order valence-corrected chi connectivity index (χ4v) is 2.51. The SMILES string of the molecule is CCc1cc(-c2ccc(C(=O)O)cc2)cc(C(C)(C)C)c1O. The molecule has 0 atom stereocenters. The van der Waals surface area contributed by atoms with E-state index in [0.717, 1.165) is 28.7 Å². The number of aromatic carboxylic acids is 1. The summed E-state index contributed by atoms with van der Waals surface area (Å²) in [6.07, 6.45) is 0.746. The van der Waals surface area contributed by atoms with Gasteiger partial charge in [0.05, 0.1) is 5.56 Å². The summed E-state index contributed by atoms with van der Waals surface area (Å²) in [5, 5.41) is 19.4. The summed E-state index contributed by atoms with van der Waals surface area (Å²) in [5.74, 6) is -0.567.